The molecule has 0 saturated carbocycles. The molecule has 0 aliphatic heterocycles. The average molecular weight is 572 g/mol. The molecule has 5 aromatic heterocycles. The second-order valence-electron chi connectivity index (χ2n) is 10.0. The Morgan fingerprint density at radius 2 is 1.78 bits per heavy atom. The molecule has 4 N–H and O–H groups in total. The van der Waals surface area contributed by atoms with Gasteiger partial charge >= 0.3 is 0 Å². The van der Waals surface area contributed by atoms with Gasteiger partial charge in [0, 0.05) is 42.3 Å². The standard InChI is InChI=1S/C28H26FN9O2S/c1-15(2)33-20-11-18(13-30-14-20)21-4-5-23-26(34-21)27(38-37-23)28-35-22-6-7-31-24(25(22)36-28)17-8-16(9-19(29)10-17)12-32-41(3,39)40/h4-11,13-15,32-33H,12H2,1-3H3,(H,35,36)(H,37,38). The molecule has 0 fully saturated rings. The summed E-state index contributed by atoms with van der Waals surface area (Å²) >= 11 is 0. The number of aromatic amines is 2. The molecular formula is C28H26FN9O2S. The lowest BCUT2D eigenvalue weighted by Gasteiger charge is -2.10. The first kappa shape index (κ1) is 26.5. The summed E-state index contributed by atoms with van der Waals surface area (Å²) in [7, 11) is -3.44. The van der Waals surface area contributed by atoms with Crippen molar-refractivity contribution < 1.29 is 12.8 Å². The average Bonchev–Trinajstić information content (AvgIpc) is 3.54. The van der Waals surface area contributed by atoms with Crippen LogP contribution in [0.2, 0.25) is 0 Å². The minimum atomic E-state index is -3.44. The zero-order valence-electron chi connectivity index (χ0n) is 22.4. The fourth-order valence-electron chi connectivity index (χ4n) is 4.58. The number of hydrogen-bond donors (Lipinski definition) is 4. The van der Waals surface area contributed by atoms with Crippen molar-refractivity contribution in [2.45, 2.75) is 26.4 Å². The van der Waals surface area contributed by atoms with Gasteiger partial charge in [0.2, 0.25) is 10.0 Å². The van der Waals surface area contributed by atoms with E-state index in [0.717, 1.165) is 28.7 Å². The quantitative estimate of drug-likeness (QED) is 0.206. The van der Waals surface area contributed by atoms with Crippen molar-refractivity contribution in [1.29, 1.82) is 0 Å². The number of imidazole rings is 1. The summed E-state index contributed by atoms with van der Waals surface area (Å²) in [6.07, 6.45) is 6.19. The number of anilines is 1. The number of halogens is 1. The van der Waals surface area contributed by atoms with Gasteiger partial charge in [-0.1, -0.05) is 0 Å². The maximum absolute atomic E-state index is 14.5. The highest BCUT2D eigenvalue weighted by Gasteiger charge is 2.18. The van der Waals surface area contributed by atoms with Crippen molar-refractivity contribution in [2.24, 2.45) is 0 Å². The smallest absolute Gasteiger partial charge is 0.209 e. The summed E-state index contributed by atoms with van der Waals surface area (Å²) in [5.74, 6) is -0.0478. The number of sulfonamides is 1. The molecule has 41 heavy (non-hydrogen) atoms. The molecule has 5 heterocycles. The van der Waals surface area contributed by atoms with Gasteiger partial charge in [-0.25, -0.2) is 27.5 Å². The summed E-state index contributed by atoms with van der Waals surface area (Å²) in [6, 6.07) is 12.2. The first-order chi connectivity index (χ1) is 19.6. The van der Waals surface area contributed by atoms with Crippen LogP contribution in [-0.2, 0) is 16.6 Å². The summed E-state index contributed by atoms with van der Waals surface area (Å²) in [5.41, 5.74) is 6.92. The molecule has 1 aromatic carbocycles. The number of nitrogens with one attached hydrogen (secondary N) is 4. The molecule has 0 radical (unpaired) electrons. The van der Waals surface area contributed by atoms with Gasteiger partial charge in [0.05, 0.1) is 34.4 Å². The van der Waals surface area contributed by atoms with Crippen molar-refractivity contribution in [2.75, 3.05) is 11.6 Å². The third-order valence-electron chi connectivity index (χ3n) is 6.29. The van der Waals surface area contributed by atoms with Gasteiger partial charge in [0.15, 0.2) is 11.5 Å². The van der Waals surface area contributed by atoms with Gasteiger partial charge in [-0.05, 0) is 61.9 Å². The Kier molecular flexibility index (Phi) is 6.67. The van der Waals surface area contributed by atoms with Gasteiger partial charge in [0.25, 0.3) is 0 Å². The van der Waals surface area contributed by atoms with E-state index in [9.17, 15) is 12.8 Å². The highest BCUT2D eigenvalue weighted by Crippen LogP contribution is 2.31. The summed E-state index contributed by atoms with van der Waals surface area (Å²) in [4.78, 5) is 21.8. The van der Waals surface area contributed by atoms with Crippen molar-refractivity contribution in [3.05, 3.63) is 72.4 Å². The number of aromatic nitrogens is 7. The number of rotatable bonds is 8. The topological polar surface area (TPSA) is 154 Å². The SMILES string of the molecule is CC(C)Nc1cncc(-c2ccc3[nH]nc(-c4nc5c(-c6cc(F)cc(CNS(C)(=O)=O)c6)nccc5[nH]4)c3n2)c1. The normalized spacial score (nSPS) is 12.0. The van der Waals surface area contributed by atoms with E-state index in [1.54, 1.807) is 30.7 Å². The van der Waals surface area contributed by atoms with Crippen molar-refractivity contribution in [1.82, 2.24) is 39.8 Å². The van der Waals surface area contributed by atoms with Crippen LogP contribution < -0.4 is 10.0 Å². The Bertz CT molecular complexity index is 2020. The Morgan fingerprint density at radius 1 is 0.951 bits per heavy atom. The van der Waals surface area contributed by atoms with Crippen LogP contribution in [0.4, 0.5) is 10.1 Å². The van der Waals surface area contributed by atoms with Crippen molar-refractivity contribution in [3.63, 3.8) is 0 Å². The molecule has 0 atom stereocenters. The van der Waals surface area contributed by atoms with Crippen LogP contribution in [0, 0.1) is 5.82 Å². The van der Waals surface area contributed by atoms with Gasteiger partial charge in [-0.15, -0.1) is 0 Å². The fourth-order valence-corrected chi connectivity index (χ4v) is 5.01. The molecule has 208 valence electrons. The molecule has 0 amide bonds. The molecule has 6 rings (SSSR count). The van der Waals surface area contributed by atoms with Crippen LogP contribution in [-0.4, -0.2) is 55.8 Å². The van der Waals surface area contributed by atoms with Crippen LogP contribution in [0.15, 0.2) is 61.1 Å². The Hall–Kier alpha value is -4.75. The maximum Gasteiger partial charge on any atom is 0.209 e. The maximum atomic E-state index is 14.5. The van der Waals surface area contributed by atoms with E-state index >= 15 is 0 Å². The van der Waals surface area contributed by atoms with E-state index in [1.807, 2.05) is 18.2 Å². The second-order valence-corrected chi connectivity index (χ2v) is 11.8. The van der Waals surface area contributed by atoms with E-state index in [1.165, 1.54) is 12.1 Å². The van der Waals surface area contributed by atoms with Gasteiger partial charge in [0.1, 0.15) is 16.9 Å². The first-order valence-electron chi connectivity index (χ1n) is 12.8. The van der Waals surface area contributed by atoms with Crippen LogP contribution in [0.5, 0.6) is 0 Å². The molecule has 13 heteroatoms. The molecular weight excluding hydrogens is 545 g/mol. The second kappa shape index (κ2) is 10.3. The summed E-state index contributed by atoms with van der Waals surface area (Å²) in [6.45, 7) is 4.07. The lowest BCUT2D eigenvalue weighted by Crippen LogP contribution is -2.21. The number of hydrogen-bond acceptors (Lipinski definition) is 8. The number of pyridine rings is 3. The van der Waals surface area contributed by atoms with Gasteiger partial charge in [-0.2, -0.15) is 5.10 Å². The minimum absolute atomic E-state index is 0.0510. The zero-order chi connectivity index (χ0) is 28.7. The van der Waals surface area contributed by atoms with Crippen molar-refractivity contribution >= 4 is 37.8 Å². The highest BCUT2D eigenvalue weighted by molar-refractivity contribution is 7.88. The van der Waals surface area contributed by atoms with E-state index < -0.39 is 15.8 Å². The Labute approximate surface area is 234 Å². The largest absolute Gasteiger partial charge is 0.382 e. The molecule has 0 bridgehead atoms. The molecule has 11 nitrogen and oxygen atoms in total. The van der Waals surface area contributed by atoms with Gasteiger partial charge < -0.3 is 10.3 Å². The molecule has 0 aliphatic carbocycles. The monoisotopic (exact) mass is 571 g/mol. The van der Waals surface area contributed by atoms with E-state index in [4.69, 9.17) is 9.97 Å². The number of H-pyrrole nitrogens is 2. The van der Waals surface area contributed by atoms with Crippen molar-refractivity contribution in [3.8, 4) is 34.0 Å². The van der Waals surface area contributed by atoms with Crippen LogP contribution >= 0.6 is 0 Å². The molecule has 0 unspecified atom stereocenters. The van der Waals surface area contributed by atoms with E-state index in [-0.39, 0.29) is 12.6 Å². The number of fused-ring (bicyclic) bond motifs is 2. The summed E-state index contributed by atoms with van der Waals surface area (Å²) < 4.78 is 40.0. The van der Waals surface area contributed by atoms with Gasteiger partial charge in [-0.3, -0.25) is 15.1 Å². The summed E-state index contributed by atoms with van der Waals surface area (Å²) in [5, 5.41) is 10.8. The third kappa shape index (κ3) is 5.62. The molecule has 0 aliphatic rings. The molecule has 0 spiro atoms. The molecule has 6 aromatic rings. The number of nitrogens with zero attached hydrogens (tertiary/aromatic N) is 5. The van der Waals surface area contributed by atoms with Crippen LogP contribution in [0.1, 0.15) is 19.4 Å². The predicted molar refractivity (Wildman–Crippen MR) is 156 cm³/mol. The lowest BCUT2D eigenvalue weighted by atomic mass is 10.1. The molecule has 0 saturated heterocycles. The zero-order valence-corrected chi connectivity index (χ0v) is 23.2. The highest BCUT2D eigenvalue weighted by atomic mass is 32.2. The van der Waals surface area contributed by atoms with Crippen LogP contribution in [0.3, 0.4) is 0 Å². The predicted octanol–water partition coefficient (Wildman–Crippen LogP) is 4.63. The third-order valence-corrected chi connectivity index (χ3v) is 6.96. The lowest BCUT2D eigenvalue weighted by molar-refractivity contribution is 0.586. The first-order valence-corrected chi connectivity index (χ1v) is 14.7. The fraction of sp³-hybridized carbons (Fsp3) is 0.179. The Morgan fingerprint density at radius 3 is 2.59 bits per heavy atom. The van der Waals surface area contributed by atoms with Crippen LogP contribution in [0.25, 0.3) is 56.1 Å². The Balaban J connectivity index is 1.40. The minimum Gasteiger partial charge on any atom is -0.382 e. The van der Waals surface area contributed by atoms with E-state index in [0.29, 0.717) is 44.9 Å². The van der Waals surface area contributed by atoms with E-state index in [2.05, 4.69) is 49.0 Å². The number of benzene rings is 1.